The van der Waals surface area contributed by atoms with E-state index < -0.39 is 46.4 Å². The molecule has 0 atom stereocenters. The normalized spacial score (nSPS) is 11.3. The number of oxazole rings is 1. The van der Waals surface area contributed by atoms with Gasteiger partial charge in [-0.1, -0.05) is 24.3 Å². The van der Waals surface area contributed by atoms with Crippen LogP contribution in [0.15, 0.2) is 59.0 Å². The van der Waals surface area contributed by atoms with Gasteiger partial charge in [0.15, 0.2) is 28.9 Å². The number of ether oxygens (including phenoxy) is 1. The predicted molar refractivity (Wildman–Crippen MR) is 118 cm³/mol. The highest BCUT2D eigenvalue weighted by Crippen LogP contribution is 2.34. The molecule has 0 aliphatic rings. The van der Waals surface area contributed by atoms with Crippen LogP contribution in [0.1, 0.15) is 10.4 Å². The van der Waals surface area contributed by atoms with E-state index in [9.17, 15) is 26.7 Å². The summed E-state index contributed by atoms with van der Waals surface area (Å²) in [5, 5.41) is 4.37. The first-order valence-corrected chi connectivity index (χ1v) is 10.1. The van der Waals surface area contributed by atoms with Gasteiger partial charge in [-0.25, -0.2) is 26.9 Å². The third-order valence-corrected chi connectivity index (χ3v) is 5.38. The Morgan fingerprint density at radius 1 is 0.857 bits per heavy atom. The van der Waals surface area contributed by atoms with E-state index in [4.69, 9.17) is 9.15 Å². The number of methoxy groups -OCH3 is 1. The molecule has 1 N–H and O–H groups in total. The van der Waals surface area contributed by atoms with Gasteiger partial charge in [-0.3, -0.25) is 4.79 Å². The van der Waals surface area contributed by atoms with Gasteiger partial charge in [0.2, 0.25) is 11.7 Å². The molecule has 0 saturated heterocycles. The molecular formula is C25H13F5N2O3. The number of rotatable bonds is 4. The van der Waals surface area contributed by atoms with Gasteiger partial charge >= 0.3 is 0 Å². The number of anilines is 1. The molecule has 0 radical (unpaired) electrons. The summed E-state index contributed by atoms with van der Waals surface area (Å²) in [5.74, 6) is -11.6. The number of hydrogen-bond acceptors (Lipinski definition) is 4. The number of amides is 1. The van der Waals surface area contributed by atoms with E-state index in [0.29, 0.717) is 5.75 Å². The van der Waals surface area contributed by atoms with Crippen molar-refractivity contribution in [1.29, 1.82) is 0 Å². The zero-order valence-electron chi connectivity index (χ0n) is 17.8. The lowest BCUT2D eigenvalue weighted by atomic mass is 10.1. The lowest BCUT2D eigenvalue weighted by Crippen LogP contribution is -2.13. The summed E-state index contributed by atoms with van der Waals surface area (Å²) in [5.41, 5.74) is -0.759. The van der Waals surface area contributed by atoms with Crippen LogP contribution in [0.25, 0.3) is 33.3 Å². The number of hydrogen-bond donors (Lipinski definition) is 1. The van der Waals surface area contributed by atoms with Crippen molar-refractivity contribution in [3.8, 4) is 17.2 Å². The summed E-state index contributed by atoms with van der Waals surface area (Å²) in [6.07, 6.45) is 0. The van der Waals surface area contributed by atoms with Gasteiger partial charge in [-0.05, 0) is 41.1 Å². The Bertz CT molecular complexity index is 1620. The van der Waals surface area contributed by atoms with Gasteiger partial charge < -0.3 is 14.5 Å². The number of carbonyl (C=O) groups excluding carboxylic acids is 1. The fourth-order valence-corrected chi connectivity index (χ4v) is 3.67. The van der Waals surface area contributed by atoms with Crippen LogP contribution in [0.4, 0.5) is 27.6 Å². The lowest BCUT2D eigenvalue weighted by Gasteiger charge is -2.11. The highest BCUT2D eigenvalue weighted by atomic mass is 19.2. The van der Waals surface area contributed by atoms with Crippen molar-refractivity contribution in [1.82, 2.24) is 4.98 Å². The van der Waals surface area contributed by atoms with Crippen molar-refractivity contribution in [2.24, 2.45) is 0 Å². The Balaban J connectivity index is 1.51. The minimum absolute atomic E-state index is 0.00484. The number of nitrogens with one attached hydrogen (secondary N) is 1. The minimum atomic E-state index is -2.28. The van der Waals surface area contributed by atoms with Crippen molar-refractivity contribution in [2.45, 2.75) is 0 Å². The van der Waals surface area contributed by atoms with Crippen molar-refractivity contribution >= 4 is 33.5 Å². The van der Waals surface area contributed by atoms with Gasteiger partial charge in [0.05, 0.1) is 12.7 Å². The summed E-state index contributed by atoms with van der Waals surface area (Å²) in [7, 11) is 1.43. The van der Waals surface area contributed by atoms with E-state index in [0.717, 1.165) is 10.8 Å². The fraction of sp³-hybridized carbons (Fsp3) is 0.0400. The number of benzene rings is 4. The standard InChI is InChI=1S/C25H13F5N2O3/c1-34-17-9-12-5-3-2-4-11(12)8-14(17)24(33)31-13-6-7-16-15(10-13)32-25(35-16)18-19(26)21(28)23(30)22(29)20(18)27/h2-10H,1H3,(H,31,33). The zero-order chi connectivity index (χ0) is 24.9. The Morgan fingerprint density at radius 2 is 1.49 bits per heavy atom. The highest BCUT2D eigenvalue weighted by molar-refractivity contribution is 6.09. The van der Waals surface area contributed by atoms with Crippen LogP contribution in [0.3, 0.4) is 0 Å². The van der Waals surface area contributed by atoms with E-state index in [1.807, 2.05) is 24.3 Å². The topological polar surface area (TPSA) is 64.4 Å². The van der Waals surface area contributed by atoms with E-state index >= 15 is 0 Å². The summed E-state index contributed by atoms with van der Waals surface area (Å²) in [6, 6.07) is 14.9. The molecule has 1 heterocycles. The largest absolute Gasteiger partial charge is 0.496 e. The van der Waals surface area contributed by atoms with Crippen LogP contribution in [0, 0.1) is 29.1 Å². The number of carbonyl (C=O) groups is 1. The van der Waals surface area contributed by atoms with E-state index in [2.05, 4.69) is 10.3 Å². The van der Waals surface area contributed by atoms with Crippen LogP contribution in [0.2, 0.25) is 0 Å². The number of halogens is 5. The Hall–Kier alpha value is -4.47. The molecule has 1 aromatic heterocycles. The molecule has 10 heteroatoms. The van der Waals surface area contributed by atoms with Crippen LogP contribution in [0.5, 0.6) is 5.75 Å². The molecule has 0 aliphatic carbocycles. The van der Waals surface area contributed by atoms with Gasteiger partial charge in [0.25, 0.3) is 5.91 Å². The zero-order valence-corrected chi connectivity index (χ0v) is 17.8. The molecule has 5 nitrogen and oxygen atoms in total. The number of fused-ring (bicyclic) bond motifs is 2. The minimum Gasteiger partial charge on any atom is -0.496 e. The highest BCUT2D eigenvalue weighted by Gasteiger charge is 2.29. The van der Waals surface area contributed by atoms with Crippen LogP contribution >= 0.6 is 0 Å². The Morgan fingerprint density at radius 3 is 2.14 bits per heavy atom. The lowest BCUT2D eigenvalue weighted by molar-refractivity contribution is 0.102. The van der Waals surface area contributed by atoms with Gasteiger partial charge in [0.1, 0.15) is 16.8 Å². The molecule has 35 heavy (non-hydrogen) atoms. The van der Waals surface area contributed by atoms with Crippen LogP contribution in [-0.2, 0) is 0 Å². The molecule has 4 aromatic carbocycles. The third-order valence-electron chi connectivity index (χ3n) is 5.38. The average Bonchev–Trinajstić information content (AvgIpc) is 3.28. The second-order valence-electron chi connectivity index (χ2n) is 7.50. The summed E-state index contributed by atoms with van der Waals surface area (Å²) in [6.45, 7) is 0. The quantitative estimate of drug-likeness (QED) is 0.177. The van der Waals surface area contributed by atoms with E-state index in [-0.39, 0.29) is 22.4 Å². The molecule has 0 saturated carbocycles. The van der Waals surface area contributed by atoms with Crippen molar-refractivity contribution in [3.63, 3.8) is 0 Å². The van der Waals surface area contributed by atoms with E-state index in [1.165, 1.54) is 25.3 Å². The molecule has 176 valence electrons. The first kappa shape index (κ1) is 22.3. The maximum Gasteiger partial charge on any atom is 0.259 e. The Kier molecular flexibility index (Phi) is 5.35. The van der Waals surface area contributed by atoms with Gasteiger partial charge in [0, 0.05) is 5.69 Å². The molecule has 5 aromatic rings. The van der Waals surface area contributed by atoms with Crippen molar-refractivity contribution in [3.05, 3.63) is 89.2 Å². The number of aromatic nitrogens is 1. The first-order chi connectivity index (χ1) is 16.8. The maximum atomic E-state index is 14.1. The second kappa shape index (κ2) is 8.39. The van der Waals surface area contributed by atoms with Crippen LogP contribution < -0.4 is 10.1 Å². The number of nitrogens with zero attached hydrogens (tertiary/aromatic N) is 1. The smallest absolute Gasteiger partial charge is 0.259 e. The maximum absolute atomic E-state index is 14.1. The molecule has 5 rings (SSSR count). The fourth-order valence-electron chi connectivity index (χ4n) is 3.67. The molecule has 0 fully saturated rings. The molecule has 0 aliphatic heterocycles. The molecule has 0 bridgehead atoms. The average molecular weight is 484 g/mol. The molecule has 0 unspecified atom stereocenters. The summed E-state index contributed by atoms with van der Waals surface area (Å²) >= 11 is 0. The SMILES string of the molecule is COc1cc2ccccc2cc1C(=O)Nc1ccc2oc(-c3c(F)c(F)c(F)c(F)c3F)nc2c1. The third kappa shape index (κ3) is 3.72. The van der Waals surface area contributed by atoms with E-state index in [1.54, 1.807) is 12.1 Å². The van der Waals surface area contributed by atoms with Gasteiger partial charge in [-0.15, -0.1) is 0 Å². The second-order valence-corrected chi connectivity index (χ2v) is 7.50. The monoisotopic (exact) mass is 484 g/mol. The molecule has 1 amide bonds. The molecule has 0 spiro atoms. The predicted octanol–water partition coefficient (Wildman–Crippen LogP) is 6.60. The summed E-state index contributed by atoms with van der Waals surface area (Å²) in [4.78, 5) is 16.8. The van der Waals surface area contributed by atoms with Crippen molar-refractivity contribution < 1.29 is 35.9 Å². The Labute approximate surface area is 193 Å². The first-order valence-electron chi connectivity index (χ1n) is 10.1. The van der Waals surface area contributed by atoms with Crippen molar-refractivity contribution in [2.75, 3.05) is 12.4 Å². The van der Waals surface area contributed by atoms with Gasteiger partial charge in [-0.2, -0.15) is 0 Å². The molecular weight excluding hydrogens is 471 g/mol. The van der Waals surface area contributed by atoms with Crippen LogP contribution in [-0.4, -0.2) is 18.0 Å². The summed E-state index contributed by atoms with van der Waals surface area (Å²) < 4.78 is 79.4.